The lowest BCUT2D eigenvalue weighted by atomic mass is 9.89. The van der Waals surface area contributed by atoms with Gasteiger partial charge in [0.1, 0.15) is 0 Å². The van der Waals surface area contributed by atoms with Crippen molar-refractivity contribution in [3.63, 3.8) is 0 Å². The standard InChI is InChI=1S/C14H22N2O/c1-11-2-6-14(7-3-11)17-10-13-5-4-12(8-15)9-16-13/h4-5,9,11,14H,2-3,6-8,10,15H2,1H3. The van der Waals surface area contributed by atoms with Crippen LogP contribution in [-0.4, -0.2) is 11.1 Å². The third-order valence-corrected chi connectivity index (χ3v) is 3.55. The van der Waals surface area contributed by atoms with E-state index in [0.29, 0.717) is 19.3 Å². The van der Waals surface area contributed by atoms with Gasteiger partial charge in [0.05, 0.1) is 18.4 Å². The van der Waals surface area contributed by atoms with E-state index in [0.717, 1.165) is 17.2 Å². The maximum absolute atomic E-state index is 5.90. The van der Waals surface area contributed by atoms with Crippen molar-refractivity contribution < 1.29 is 4.74 Å². The second kappa shape index (κ2) is 6.12. The largest absolute Gasteiger partial charge is 0.372 e. The molecule has 0 bridgehead atoms. The van der Waals surface area contributed by atoms with E-state index in [9.17, 15) is 0 Å². The van der Waals surface area contributed by atoms with Gasteiger partial charge < -0.3 is 10.5 Å². The Hall–Kier alpha value is -0.930. The molecule has 17 heavy (non-hydrogen) atoms. The fourth-order valence-electron chi connectivity index (χ4n) is 2.26. The fraction of sp³-hybridized carbons (Fsp3) is 0.643. The Kier molecular flexibility index (Phi) is 4.51. The highest BCUT2D eigenvalue weighted by Crippen LogP contribution is 2.25. The van der Waals surface area contributed by atoms with Crippen LogP contribution < -0.4 is 5.73 Å². The van der Waals surface area contributed by atoms with Gasteiger partial charge in [0.15, 0.2) is 0 Å². The Labute approximate surface area is 103 Å². The zero-order valence-electron chi connectivity index (χ0n) is 10.6. The minimum atomic E-state index is 0.433. The lowest BCUT2D eigenvalue weighted by Crippen LogP contribution is -2.20. The lowest BCUT2D eigenvalue weighted by Gasteiger charge is -2.26. The number of rotatable bonds is 4. The van der Waals surface area contributed by atoms with E-state index < -0.39 is 0 Å². The molecule has 3 heteroatoms. The van der Waals surface area contributed by atoms with E-state index in [2.05, 4.69) is 11.9 Å². The predicted octanol–water partition coefficient (Wildman–Crippen LogP) is 2.64. The van der Waals surface area contributed by atoms with Gasteiger partial charge in [-0.25, -0.2) is 0 Å². The zero-order chi connectivity index (χ0) is 12.1. The van der Waals surface area contributed by atoms with Gasteiger partial charge in [0.25, 0.3) is 0 Å². The first kappa shape index (κ1) is 12.5. The number of hydrogen-bond acceptors (Lipinski definition) is 3. The second-order valence-electron chi connectivity index (χ2n) is 5.05. The second-order valence-corrected chi connectivity index (χ2v) is 5.05. The SMILES string of the molecule is CC1CCC(OCc2ccc(CN)cn2)CC1. The quantitative estimate of drug-likeness (QED) is 0.871. The van der Waals surface area contributed by atoms with Crippen molar-refractivity contribution in [2.75, 3.05) is 0 Å². The smallest absolute Gasteiger partial charge is 0.0891 e. The molecule has 0 atom stereocenters. The van der Waals surface area contributed by atoms with E-state index in [1.807, 2.05) is 18.3 Å². The van der Waals surface area contributed by atoms with Gasteiger partial charge in [0.2, 0.25) is 0 Å². The van der Waals surface area contributed by atoms with Crippen LogP contribution >= 0.6 is 0 Å². The molecule has 0 aliphatic heterocycles. The number of nitrogens with two attached hydrogens (primary N) is 1. The lowest BCUT2D eigenvalue weighted by molar-refractivity contribution is 0.00727. The van der Waals surface area contributed by atoms with Gasteiger partial charge in [-0.1, -0.05) is 13.0 Å². The average Bonchev–Trinajstić information content (AvgIpc) is 2.39. The summed E-state index contributed by atoms with van der Waals surface area (Å²) >= 11 is 0. The van der Waals surface area contributed by atoms with Crippen molar-refractivity contribution in [1.29, 1.82) is 0 Å². The van der Waals surface area contributed by atoms with Crippen LogP contribution in [0.2, 0.25) is 0 Å². The molecule has 1 aliphatic carbocycles. The summed E-state index contributed by atoms with van der Waals surface area (Å²) in [6.07, 6.45) is 7.25. The Balaban J connectivity index is 1.77. The molecule has 2 N–H and O–H groups in total. The molecule has 94 valence electrons. The summed E-state index contributed by atoms with van der Waals surface area (Å²) in [7, 11) is 0. The van der Waals surface area contributed by atoms with E-state index in [-0.39, 0.29) is 0 Å². The number of nitrogens with zero attached hydrogens (tertiary/aromatic N) is 1. The van der Waals surface area contributed by atoms with Gasteiger partial charge >= 0.3 is 0 Å². The van der Waals surface area contributed by atoms with Crippen LogP contribution in [0.4, 0.5) is 0 Å². The maximum Gasteiger partial charge on any atom is 0.0891 e. The number of pyridine rings is 1. The predicted molar refractivity (Wildman–Crippen MR) is 68.3 cm³/mol. The first-order valence-corrected chi connectivity index (χ1v) is 6.53. The molecule has 3 nitrogen and oxygen atoms in total. The molecule has 0 unspecified atom stereocenters. The Morgan fingerprint density at radius 3 is 2.65 bits per heavy atom. The van der Waals surface area contributed by atoms with Crippen molar-refractivity contribution >= 4 is 0 Å². The minimum Gasteiger partial charge on any atom is -0.372 e. The Bertz CT molecular complexity index is 329. The third kappa shape index (κ3) is 3.79. The Morgan fingerprint density at radius 1 is 1.29 bits per heavy atom. The van der Waals surface area contributed by atoms with E-state index in [1.54, 1.807) is 0 Å². The van der Waals surface area contributed by atoms with Crippen molar-refractivity contribution in [3.8, 4) is 0 Å². The molecule has 0 amide bonds. The van der Waals surface area contributed by atoms with Crippen LogP contribution in [0.3, 0.4) is 0 Å². The zero-order valence-corrected chi connectivity index (χ0v) is 10.6. The van der Waals surface area contributed by atoms with Crippen LogP contribution in [0.25, 0.3) is 0 Å². The molecule has 1 saturated carbocycles. The van der Waals surface area contributed by atoms with Crippen molar-refractivity contribution in [2.24, 2.45) is 11.7 Å². The summed E-state index contributed by atoms with van der Waals surface area (Å²) in [4.78, 5) is 4.34. The van der Waals surface area contributed by atoms with E-state index >= 15 is 0 Å². The normalized spacial score (nSPS) is 24.8. The molecule has 1 fully saturated rings. The van der Waals surface area contributed by atoms with Gasteiger partial charge in [-0.2, -0.15) is 0 Å². The highest BCUT2D eigenvalue weighted by Gasteiger charge is 2.18. The summed E-state index contributed by atoms with van der Waals surface area (Å²) in [6, 6.07) is 4.03. The summed E-state index contributed by atoms with van der Waals surface area (Å²) in [5, 5.41) is 0. The molecular weight excluding hydrogens is 212 g/mol. The summed E-state index contributed by atoms with van der Waals surface area (Å²) in [6.45, 7) is 3.50. The molecule has 1 aromatic rings. The molecule has 1 aliphatic rings. The van der Waals surface area contributed by atoms with Gasteiger partial charge in [0, 0.05) is 12.7 Å². The van der Waals surface area contributed by atoms with Crippen molar-refractivity contribution in [2.45, 2.75) is 51.9 Å². The first-order chi connectivity index (χ1) is 8.28. The van der Waals surface area contributed by atoms with Crippen molar-refractivity contribution in [3.05, 3.63) is 29.6 Å². The number of ether oxygens (including phenoxy) is 1. The molecule has 2 rings (SSSR count). The van der Waals surface area contributed by atoms with Gasteiger partial charge in [-0.15, -0.1) is 0 Å². The van der Waals surface area contributed by atoms with E-state index in [1.165, 1.54) is 25.7 Å². The summed E-state index contributed by atoms with van der Waals surface area (Å²) < 4.78 is 5.90. The van der Waals surface area contributed by atoms with E-state index in [4.69, 9.17) is 10.5 Å². The van der Waals surface area contributed by atoms with Crippen molar-refractivity contribution in [1.82, 2.24) is 4.98 Å². The molecule has 0 radical (unpaired) electrons. The van der Waals surface area contributed by atoms with Crippen LogP contribution in [0.1, 0.15) is 43.9 Å². The van der Waals surface area contributed by atoms with Gasteiger partial charge in [-0.05, 0) is 43.2 Å². The molecule has 1 aromatic heterocycles. The highest BCUT2D eigenvalue weighted by atomic mass is 16.5. The number of hydrogen-bond donors (Lipinski definition) is 1. The van der Waals surface area contributed by atoms with Gasteiger partial charge in [-0.3, -0.25) is 4.98 Å². The minimum absolute atomic E-state index is 0.433. The van der Waals surface area contributed by atoms with Crippen LogP contribution in [0, 0.1) is 5.92 Å². The fourth-order valence-corrected chi connectivity index (χ4v) is 2.26. The molecule has 0 spiro atoms. The first-order valence-electron chi connectivity index (χ1n) is 6.53. The average molecular weight is 234 g/mol. The monoisotopic (exact) mass is 234 g/mol. The topological polar surface area (TPSA) is 48.1 Å². The molecule has 0 aromatic carbocycles. The summed E-state index contributed by atoms with van der Waals surface area (Å²) in [5.41, 5.74) is 7.60. The Morgan fingerprint density at radius 2 is 2.06 bits per heavy atom. The van der Waals surface area contributed by atoms with Crippen LogP contribution in [-0.2, 0) is 17.9 Å². The number of aromatic nitrogens is 1. The third-order valence-electron chi connectivity index (χ3n) is 3.55. The van der Waals surface area contributed by atoms with Crippen LogP contribution in [0.15, 0.2) is 18.3 Å². The maximum atomic E-state index is 5.90. The molecule has 0 saturated heterocycles. The van der Waals surface area contributed by atoms with Crippen LogP contribution in [0.5, 0.6) is 0 Å². The molecule has 1 heterocycles. The summed E-state index contributed by atoms with van der Waals surface area (Å²) in [5.74, 6) is 0.872. The highest BCUT2D eigenvalue weighted by molar-refractivity contribution is 5.13. The molecular formula is C14H22N2O.